The predicted octanol–water partition coefficient (Wildman–Crippen LogP) is 1.73. The second kappa shape index (κ2) is 4.87. The quantitative estimate of drug-likeness (QED) is 0.755. The van der Waals surface area contributed by atoms with E-state index in [0.717, 1.165) is 6.54 Å². The van der Waals surface area contributed by atoms with Crippen molar-refractivity contribution in [2.75, 3.05) is 25.5 Å². The molecule has 2 nitrogen and oxygen atoms in total. The lowest BCUT2D eigenvalue weighted by Crippen LogP contribution is -2.36. The van der Waals surface area contributed by atoms with Gasteiger partial charge in [-0.3, -0.25) is 0 Å². The monoisotopic (exact) mass is 178 g/mol. The third-order valence-corrected chi connectivity index (χ3v) is 2.32. The number of rotatable bonds is 4. The van der Waals surface area contributed by atoms with Crippen molar-refractivity contribution >= 4 is 5.69 Å². The van der Waals surface area contributed by atoms with Crippen LogP contribution in [0.15, 0.2) is 30.3 Å². The first kappa shape index (κ1) is 10.1. The van der Waals surface area contributed by atoms with Gasteiger partial charge in [0.05, 0.1) is 0 Å². The Bertz CT molecular complexity index is 233. The lowest BCUT2D eigenvalue weighted by molar-refractivity contribution is 0.630. The van der Waals surface area contributed by atoms with E-state index in [1.54, 1.807) is 0 Å². The fourth-order valence-electron chi connectivity index (χ4n) is 1.35. The molecule has 72 valence electrons. The molecule has 1 unspecified atom stereocenters. The molecule has 0 bridgehead atoms. The highest BCUT2D eigenvalue weighted by Crippen LogP contribution is 2.13. The van der Waals surface area contributed by atoms with Crippen molar-refractivity contribution in [3.8, 4) is 0 Å². The molecule has 0 aliphatic heterocycles. The number of nitrogens with one attached hydrogen (secondary N) is 1. The summed E-state index contributed by atoms with van der Waals surface area (Å²) in [5.41, 5.74) is 1.27. The van der Waals surface area contributed by atoms with Crippen molar-refractivity contribution in [2.45, 2.75) is 13.0 Å². The van der Waals surface area contributed by atoms with Crippen LogP contribution in [0.25, 0.3) is 0 Å². The molecular weight excluding hydrogens is 160 g/mol. The Kier molecular flexibility index (Phi) is 3.77. The van der Waals surface area contributed by atoms with Crippen LogP contribution < -0.4 is 10.2 Å². The highest BCUT2D eigenvalue weighted by atomic mass is 15.1. The van der Waals surface area contributed by atoms with Crippen molar-refractivity contribution in [2.24, 2.45) is 0 Å². The summed E-state index contributed by atoms with van der Waals surface area (Å²) >= 11 is 0. The lowest BCUT2D eigenvalue weighted by atomic mass is 10.2. The van der Waals surface area contributed by atoms with Gasteiger partial charge in [0.2, 0.25) is 0 Å². The average Bonchev–Trinajstić information content (AvgIpc) is 2.18. The molecule has 0 amide bonds. The molecule has 0 aromatic heterocycles. The molecule has 1 N–H and O–H groups in total. The molecule has 0 saturated heterocycles. The van der Waals surface area contributed by atoms with Gasteiger partial charge >= 0.3 is 0 Å². The molecule has 0 fully saturated rings. The topological polar surface area (TPSA) is 15.3 Å². The van der Waals surface area contributed by atoms with Gasteiger partial charge < -0.3 is 10.2 Å². The van der Waals surface area contributed by atoms with E-state index >= 15 is 0 Å². The molecule has 0 aliphatic rings. The molecule has 0 saturated carbocycles. The van der Waals surface area contributed by atoms with E-state index in [1.807, 2.05) is 13.1 Å². The molecular formula is C11H18N2. The van der Waals surface area contributed by atoms with Crippen molar-refractivity contribution in [3.63, 3.8) is 0 Å². The Labute approximate surface area is 80.6 Å². The van der Waals surface area contributed by atoms with Gasteiger partial charge in [-0.15, -0.1) is 0 Å². The van der Waals surface area contributed by atoms with Crippen molar-refractivity contribution in [1.29, 1.82) is 0 Å². The van der Waals surface area contributed by atoms with Crippen LogP contribution in [-0.2, 0) is 0 Å². The van der Waals surface area contributed by atoms with Crippen LogP contribution in [0.1, 0.15) is 6.92 Å². The molecule has 1 aromatic carbocycles. The minimum atomic E-state index is 0.521. The van der Waals surface area contributed by atoms with Gasteiger partial charge in [0.15, 0.2) is 0 Å². The van der Waals surface area contributed by atoms with Crippen LogP contribution in [0, 0.1) is 0 Å². The van der Waals surface area contributed by atoms with Crippen LogP contribution in [0.2, 0.25) is 0 Å². The van der Waals surface area contributed by atoms with Gasteiger partial charge in [-0.2, -0.15) is 0 Å². The Balaban J connectivity index is 2.62. The van der Waals surface area contributed by atoms with E-state index in [-0.39, 0.29) is 0 Å². The summed E-state index contributed by atoms with van der Waals surface area (Å²) in [6, 6.07) is 11.0. The molecule has 0 aliphatic carbocycles. The molecule has 1 rings (SSSR count). The van der Waals surface area contributed by atoms with E-state index < -0.39 is 0 Å². The van der Waals surface area contributed by atoms with Gasteiger partial charge in [-0.05, 0) is 26.1 Å². The first-order chi connectivity index (χ1) is 6.25. The zero-order valence-corrected chi connectivity index (χ0v) is 8.62. The number of hydrogen-bond acceptors (Lipinski definition) is 2. The summed E-state index contributed by atoms with van der Waals surface area (Å²) in [6.45, 7) is 3.22. The number of likely N-dealkylation sites (N-methyl/N-ethyl adjacent to an activating group) is 2. The van der Waals surface area contributed by atoms with Gasteiger partial charge in [0, 0.05) is 25.3 Å². The van der Waals surface area contributed by atoms with Crippen molar-refractivity contribution < 1.29 is 0 Å². The number of hydrogen-bond donors (Lipinski definition) is 1. The maximum Gasteiger partial charge on any atom is 0.0382 e. The molecule has 1 aromatic rings. The van der Waals surface area contributed by atoms with Gasteiger partial charge in [-0.25, -0.2) is 0 Å². The first-order valence-electron chi connectivity index (χ1n) is 4.68. The van der Waals surface area contributed by atoms with Crippen LogP contribution in [0.4, 0.5) is 5.69 Å². The Morgan fingerprint density at radius 3 is 2.46 bits per heavy atom. The summed E-state index contributed by atoms with van der Waals surface area (Å²) < 4.78 is 0. The van der Waals surface area contributed by atoms with Gasteiger partial charge in [-0.1, -0.05) is 18.2 Å². The molecule has 13 heavy (non-hydrogen) atoms. The van der Waals surface area contributed by atoms with E-state index in [2.05, 4.69) is 48.5 Å². The third kappa shape index (κ3) is 2.74. The highest BCUT2D eigenvalue weighted by molar-refractivity contribution is 5.45. The minimum absolute atomic E-state index is 0.521. The van der Waals surface area contributed by atoms with Crippen LogP contribution in [0.5, 0.6) is 0 Å². The minimum Gasteiger partial charge on any atom is -0.371 e. The largest absolute Gasteiger partial charge is 0.371 e. The van der Waals surface area contributed by atoms with Crippen molar-refractivity contribution in [3.05, 3.63) is 30.3 Å². The SMILES string of the molecule is CNCC(C)N(C)c1ccccc1. The molecule has 0 spiro atoms. The normalized spacial score (nSPS) is 12.5. The Morgan fingerprint density at radius 1 is 1.31 bits per heavy atom. The summed E-state index contributed by atoms with van der Waals surface area (Å²) in [7, 11) is 4.10. The maximum atomic E-state index is 3.18. The van der Waals surface area contributed by atoms with Crippen LogP contribution in [-0.4, -0.2) is 26.7 Å². The van der Waals surface area contributed by atoms with Gasteiger partial charge in [0.1, 0.15) is 0 Å². The summed E-state index contributed by atoms with van der Waals surface area (Å²) in [5, 5.41) is 3.18. The molecule has 0 heterocycles. The van der Waals surface area contributed by atoms with Crippen LogP contribution >= 0.6 is 0 Å². The summed E-state index contributed by atoms with van der Waals surface area (Å²) in [4.78, 5) is 2.27. The number of anilines is 1. The van der Waals surface area contributed by atoms with E-state index in [0.29, 0.717) is 6.04 Å². The smallest absolute Gasteiger partial charge is 0.0382 e. The van der Waals surface area contributed by atoms with E-state index in [4.69, 9.17) is 0 Å². The number of para-hydroxylation sites is 1. The summed E-state index contributed by atoms with van der Waals surface area (Å²) in [5.74, 6) is 0. The van der Waals surface area contributed by atoms with Gasteiger partial charge in [0.25, 0.3) is 0 Å². The number of nitrogens with zero attached hydrogens (tertiary/aromatic N) is 1. The fraction of sp³-hybridized carbons (Fsp3) is 0.455. The van der Waals surface area contributed by atoms with Crippen LogP contribution in [0.3, 0.4) is 0 Å². The third-order valence-electron chi connectivity index (χ3n) is 2.32. The van der Waals surface area contributed by atoms with Crippen molar-refractivity contribution in [1.82, 2.24) is 5.32 Å². The molecule has 2 heteroatoms. The second-order valence-electron chi connectivity index (χ2n) is 3.35. The zero-order chi connectivity index (χ0) is 9.68. The molecule has 0 radical (unpaired) electrons. The first-order valence-corrected chi connectivity index (χ1v) is 4.68. The van der Waals surface area contributed by atoms with E-state index in [1.165, 1.54) is 5.69 Å². The average molecular weight is 178 g/mol. The lowest BCUT2D eigenvalue weighted by Gasteiger charge is -2.26. The molecule has 1 atom stereocenters. The highest BCUT2D eigenvalue weighted by Gasteiger charge is 2.07. The summed E-state index contributed by atoms with van der Waals surface area (Å²) in [6.07, 6.45) is 0. The number of benzene rings is 1. The van der Waals surface area contributed by atoms with E-state index in [9.17, 15) is 0 Å². The predicted molar refractivity (Wildman–Crippen MR) is 58.2 cm³/mol. The second-order valence-corrected chi connectivity index (χ2v) is 3.35. The Morgan fingerprint density at radius 2 is 1.92 bits per heavy atom. The zero-order valence-electron chi connectivity index (χ0n) is 8.62. The fourth-order valence-corrected chi connectivity index (χ4v) is 1.35. The Hall–Kier alpha value is -1.02. The standard InChI is InChI=1S/C11H18N2/c1-10(9-12-2)13(3)11-7-5-4-6-8-11/h4-8,10,12H,9H2,1-3H3. The maximum absolute atomic E-state index is 3.18.